The van der Waals surface area contributed by atoms with Gasteiger partial charge in [0.25, 0.3) is 5.91 Å². The summed E-state index contributed by atoms with van der Waals surface area (Å²) in [4.78, 5) is 25.5. The summed E-state index contributed by atoms with van der Waals surface area (Å²) in [6.07, 6.45) is 5.22. The van der Waals surface area contributed by atoms with Gasteiger partial charge in [0.1, 0.15) is 28.5 Å². The molecule has 7 nitrogen and oxygen atoms in total. The van der Waals surface area contributed by atoms with Crippen molar-refractivity contribution in [1.29, 1.82) is 10.5 Å². The second-order valence-electron chi connectivity index (χ2n) is 6.78. The molecule has 2 aromatic rings. The Morgan fingerprint density at radius 2 is 2.00 bits per heavy atom. The monoisotopic (exact) mass is 435 g/mol. The maximum Gasteiger partial charge on any atom is 0.344 e. The van der Waals surface area contributed by atoms with Gasteiger partial charge in [0.05, 0.1) is 12.2 Å². The van der Waals surface area contributed by atoms with Gasteiger partial charge in [-0.2, -0.15) is 10.5 Å². The molecule has 0 bridgehead atoms. The summed E-state index contributed by atoms with van der Waals surface area (Å²) in [5.41, 5.74) is 1.84. The van der Waals surface area contributed by atoms with Crippen molar-refractivity contribution in [2.45, 2.75) is 32.6 Å². The zero-order chi connectivity index (χ0) is 22.2. The number of thiophene rings is 1. The van der Waals surface area contributed by atoms with E-state index in [1.54, 1.807) is 31.2 Å². The number of nitrogens with one attached hydrogen (secondary N) is 1. The topological polar surface area (TPSA) is 112 Å². The van der Waals surface area contributed by atoms with E-state index in [9.17, 15) is 20.1 Å². The Bertz CT molecular complexity index is 1110. The van der Waals surface area contributed by atoms with E-state index in [1.807, 2.05) is 6.07 Å². The molecule has 0 saturated heterocycles. The maximum atomic E-state index is 12.8. The lowest BCUT2D eigenvalue weighted by molar-refractivity contribution is -0.145. The van der Waals surface area contributed by atoms with Gasteiger partial charge in [-0.3, -0.25) is 4.79 Å². The van der Waals surface area contributed by atoms with Crippen molar-refractivity contribution in [3.05, 3.63) is 51.4 Å². The molecule has 1 aromatic carbocycles. The third kappa shape index (κ3) is 5.30. The van der Waals surface area contributed by atoms with E-state index in [2.05, 4.69) is 11.4 Å². The lowest BCUT2D eigenvalue weighted by Crippen LogP contribution is -2.15. The highest BCUT2D eigenvalue weighted by atomic mass is 32.1. The fourth-order valence-electron chi connectivity index (χ4n) is 3.32. The summed E-state index contributed by atoms with van der Waals surface area (Å²) in [6, 6.07) is 10.9. The highest BCUT2D eigenvalue weighted by Gasteiger charge is 2.23. The number of anilines is 1. The molecule has 1 aliphatic rings. The molecule has 8 heteroatoms. The van der Waals surface area contributed by atoms with Gasteiger partial charge >= 0.3 is 5.97 Å². The molecule has 1 aliphatic carbocycles. The number of nitriles is 2. The van der Waals surface area contributed by atoms with Crippen molar-refractivity contribution in [2.24, 2.45) is 0 Å². The molecule has 0 atom stereocenters. The number of para-hydroxylation sites is 1. The Morgan fingerprint density at radius 1 is 1.23 bits per heavy atom. The average molecular weight is 436 g/mol. The van der Waals surface area contributed by atoms with Crippen LogP contribution in [-0.2, 0) is 27.2 Å². The molecular formula is C23H21N3O4S. The smallest absolute Gasteiger partial charge is 0.344 e. The van der Waals surface area contributed by atoms with Gasteiger partial charge in [0.2, 0.25) is 0 Å². The Kier molecular flexibility index (Phi) is 7.42. The minimum Gasteiger partial charge on any atom is -0.481 e. The van der Waals surface area contributed by atoms with Gasteiger partial charge in [-0.1, -0.05) is 18.2 Å². The minimum absolute atomic E-state index is 0.137. The van der Waals surface area contributed by atoms with Gasteiger partial charge in [-0.05, 0) is 50.3 Å². The largest absolute Gasteiger partial charge is 0.481 e. The molecule has 0 spiro atoms. The van der Waals surface area contributed by atoms with Crippen molar-refractivity contribution in [3.8, 4) is 17.9 Å². The van der Waals surface area contributed by atoms with Gasteiger partial charge in [0.15, 0.2) is 6.61 Å². The van der Waals surface area contributed by atoms with Crippen molar-refractivity contribution in [1.82, 2.24) is 0 Å². The van der Waals surface area contributed by atoms with Crippen LogP contribution in [0, 0.1) is 22.7 Å². The van der Waals surface area contributed by atoms with E-state index in [4.69, 9.17) is 9.47 Å². The van der Waals surface area contributed by atoms with E-state index >= 15 is 0 Å². The maximum absolute atomic E-state index is 12.8. The first-order valence-corrected chi connectivity index (χ1v) is 10.7. The van der Waals surface area contributed by atoms with Crippen LogP contribution in [-0.4, -0.2) is 25.1 Å². The predicted octanol–water partition coefficient (Wildman–Crippen LogP) is 3.99. The highest BCUT2D eigenvalue weighted by Crippen LogP contribution is 2.37. The fourth-order valence-corrected chi connectivity index (χ4v) is 4.55. The van der Waals surface area contributed by atoms with Crippen LogP contribution >= 0.6 is 11.3 Å². The molecule has 1 heterocycles. The first kappa shape index (κ1) is 22.1. The number of rotatable bonds is 7. The SMILES string of the molecule is CCOC(=O)COc1ccccc1/C=C(\C#N)C(=O)Nc1sc2c(c1C#N)CCCC2. The molecule has 1 aromatic heterocycles. The van der Waals surface area contributed by atoms with Crippen LogP contribution in [0.1, 0.15) is 41.3 Å². The third-order valence-corrected chi connectivity index (χ3v) is 5.95. The zero-order valence-electron chi connectivity index (χ0n) is 17.1. The number of nitrogens with zero attached hydrogens (tertiary/aromatic N) is 2. The van der Waals surface area contributed by atoms with Crippen LogP contribution < -0.4 is 10.1 Å². The van der Waals surface area contributed by atoms with Crippen LogP contribution in [0.2, 0.25) is 0 Å². The number of aryl methyl sites for hydroxylation is 1. The second kappa shape index (κ2) is 10.4. The van der Waals surface area contributed by atoms with Gasteiger partial charge < -0.3 is 14.8 Å². The van der Waals surface area contributed by atoms with E-state index in [0.717, 1.165) is 36.1 Å². The number of fused-ring (bicyclic) bond motifs is 1. The van der Waals surface area contributed by atoms with Crippen LogP contribution in [0.4, 0.5) is 5.00 Å². The summed E-state index contributed by atoms with van der Waals surface area (Å²) in [7, 11) is 0. The molecule has 0 aliphatic heterocycles. The van der Waals surface area contributed by atoms with Crippen LogP contribution in [0.3, 0.4) is 0 Å². The van der Waals surface area contributed by atoms with Gasteiger partial charge in [-0.25, -0.2) is 4.79 Å². The molecule has 0 fully saturated rings. The third-order valence-electron chi connectivity index (χ3n) is 4.74. The second-order valence-corrected chi connectivity index (χ2v) is 7.89. The molecular weight excluding hydrogens is 414 g/mol. The molecule has 0 radical (unpaired) electrons. The standard InChI is InChI=1S/C23H21N3O4S/c1-2-29-21(27)14-30-19-9-5-3-7-15(19)11-16(12-24)22(28)26-23-18(13-25)17-8-4-6-10-20(17)31-23/h3,5,7,9,11H,2,4,6,8,10,14H2,1H3,(H,26,28)/b16-11+. The summed E-state index contributed by atoms with van der Waals surface area (Å²) in [5, 5.41) is 22.3. The molecule has 31 heavy (non-hydrogen) atoms. The molecule has 1 N–H and O–H groups in total. The molecule has 0 unspecified atom stereocenters. The van der Waals surface area contributed by atoms with Crippen molar-refractivity contribution >= 4 is 34.3 Å². The first-order valence-electron chi connectivity index (χ1n) is 9.92. The van der Waals surface area contributed by atoms with E-state index in [0.29, 0.717) is 21.9 Å². The number of hydrogen-bond acceptors (Lipinski definition) is 7. The normalized spacial score (nSPS) is 12.8. The Morgan fingerprint density at radius 3 is 2.74 bits per heavy atom. The molecule has 3 rings (SSSR count). The summed E-state index contributed by atoms with van der Waals surface area (Å²) < 4.78 is 10.3. The lowest BCUT2D eigenvalue weighted by atomic mass is 9.96. The summed E-state index contributed by atoms with van der Waals surface area (Å²) in [5.74, 6) is -0.761. The molecule has 158 valence electrons. The zero-order valence-corrected chi connectivity index (χ0v) is 17.9. The van der Waals surface area contributed by atoms with E-state index in [1.165, 1.54) is 17.4 Å². The Balaban J connectivity index is 1.81. The van der Waals surface area contributed by atoms with Gasteiger partial charge in [-0.15, -0.1) is 11.3 Å². The Labute approximate surface area is 184 Å². The number of esters is 1. The van der Waals surface area contributed by atoms with Crippen LogP contribution in [0.15, 0.2) is 29.8 Å². The summed E-state index contributed by atoms with van der Waals surface area (Å²) >= 11 is 1.40. The van der Waals surface area contributed by atoms with E-state index in [-0.39, 0.29) is 18.8 Å². The minimum atomic E-state index is -0.599. The number of benzene rings is 1. The average Bonchev–Trinajstić information content (AvgIpc) is 3.13. The number of amides is 1. The fraction of sp³-hybridized carbons (Fsp3) is 0.304. The molecule has 1 amide bonds. The van der Waals surface area contributed by atoms with E-state index < -0.39 is 11.9 Å². The van der Waals surface area contributed by atoms with Crippen LogP contribution in [0.25, 0.3) is 6.08 Å². The van der Waals surface area contributed by atoms with Crippen molar-refractivity contribution in [2.75, 3.05) is 18.5 Å². The quantitative estimate of drug-likeness (QED) is 0.400. The number of hydrogen-bond donors (Lipinski definition) is 1. The van der Waals surface area contributed by atoms with Gasteiger partial charge in [0, 0.05) is 10.4 Å². The van der Waals surface area contributed by atoms with Crippen LogP contribution in [0.5, 0.6) is 5.75 Å². The lowest BCUT2D eigenvalue weighted by Gasteiger charge is -2.09. The van der Waals surface area contributed by atoms with Crippen molar-refractivity contribution < 1.29 is 19.1 Å². The molecule has 0 saturated carbocycles. The predicted molar refractivity (Wildman–Crippen MR) is 116 cm³/mol. The number of ether oxygens (including phenoxy) is 2. The number of carbonyl (C=O) groups is 2. The summed E-state index contributed by atoms with van der Waals surface area (Å²) in [6.45, 7) is 1.67. The highest BCUT2D eigenvalue weighted by molar-refractivity contribution is 7.16. The van der Waals surface area contributed by atoms with Crippen molar-refractivity contribution in [3.63, 3.8) is 0 Å². The number of carbonyl (C=O) groups excluding carboxylic acids is 2. The first-order chi connectivity index (χ1) is 15.1. The Hall–Kier alpha value is -3.62.